The molecule has 2 rings (SSSR count). The quantitative estimate of drug-likeness (QED) is 0.774. The molecule has 0 radical (unpaired) electrons. The predicted octanol–water partition coefficient (Wildman–Crippen LogP) is 1.94. The first-order valence-electron chi connectivity index (χ1n) is 6.01. The van der Waals surface area contributed by atoms with Crippen LogP contribution < -0.4 is 5.56 Å². The van der Waals surface area contributed by atoms with E-state index in [4.69, 9.17) is 4.74 Å². The molecule has 19 heavy (non-hydrogen) atoms. The van der Waals surface area contributed by atoms with Crippen molar-refractivity contribution in [2.24, 2.45) is 5.41 Å². The van der Waals surface area contributed by atoms with Crippen LogP contribution in [0.1, 0.15) is 20.8 Å². The summed E-state index contributed by atoms with van der Waals surface area (Å²) in [7, 11) is 0. The Balaban J connectivity index is 2.25. The molecular weight excluding hydrogens is 244 g/mol. The van der Waals surface area contributed by atoms with Gasteiger partial charge in [-0.3, -0.25) is 14.2 Å². The van der Waals surface area contributed by atoms with Gasteiger partial charge in [-0.25, -0.2) is 4.98 Å². The Morgan fingerprint density at radius 3 is 2.68 bits per heavy atom. The summed E-state index contributed by atoms with van der Waals surface area (Å²) in [6.45, 7) is 5.16. The van der Waals surface area contributed by atoms with E-state index in [1.807, 2.05) is 6.07 Å². The summed E-state index contributed by atoms with van der Waals surface area (Å²) in [5.41, 5.74) is -0.174. The summed E-state index contributed by atoms with van der Waals surface area (Å²) in [5, 5.41) is 0.511. The zero-order valence-corrected chi connectivity index (χ0v) is 11.2. The first-order chi connectivity index (χ1) is 8.89. The van der Waals surface area contributed by atoms with E-state index < -0.39 is 5.41 Å². The number of rotatable bonds is 2. The Morgan fingerprint density at radius 1 is 1.32 bits per heavy atom. The van der Waals surface area contributed by atoms with E-state index in [1.165, 1.54) is 10.9 Å². The summed E-state index contributed by atoms with van der Waals surface area (Å²) >= 11 is 0. The second-order valence-electron chi connectivity index (χ2n) is 5.35. The van der Waals surface area contributed by atoms with Crippen molar-refractivity contribution in [3.63, 3.8) is 0 Å². The van der Waals surface area contributed by atoms with Gasteiger partial charge in [0.2, 0.25) is 0 Å². The summed E-state index contributed by atoms with van der Waals surface area (Å²) in [5.74, 6) is -0.354. The van der Waals surface area contributed by atoms with E-state index in [0.717, 1.165) is 0 Å². The third-order valence-electron chi connectivity index (χ3n) is 2.68. The van der Waals surface area contributed by atoms with Crippen molar-refractivity contribution in [2.75, 3.05) is 0 Å². The van der Waals surface area contributed by atoms with Gasteiger partial charge in [0.15, 0.2) is 6.73 Å². The SMILES string of the molecule is CC(C)(C)C(=O)OCn1cnc2ccccc2c1=O. The number of carbonyl (C=O) groups excluding carboxylic acids is 1. The van der Waals surface area contributed by atoms with Crippen LogP contribution in [-0.2, 0) is 16.3 Å². The zero-order chi connectivity index (χ0) is 14.0. The van der Waals surface area contributed by atoms with Gasteiger partial charge in [0.05, 0.1) is 16.3 Å². The summed E-state index contributed by atoms with van der Waals surface area (Å²) < 4.78 is 6.39. The Labute approximate surface area is 110 Å². The fraction of sp³-hybridized carbons (Fsp3) is 0.357. The van der Waals surface area contributed by atoms with E-state index in [0.29, 0.717) is 10.9 Å². The standard InChI is InChI=1S/C14H16N2O3/c1-14(2,3)13(18)19-9-16-8-15-11-7-5-4-6-10(11)12(16)17/h4-8H,9H2,1-3H3. The molecule has 1 heterocycles. The zero-order valence-electron chi connectivity index (χ0n) is 11.2. The van der Waals surface area contributed by atoms with Crippen molar-refractivity contribution in [3.05, 3.63) is 40.9 Å². The summed E-state index contributed by atoms with van der Waals surface area (Å²) in [4.78, 5) is 27.9. The molecule has 0 N–H and O–H groups in total. The number of carbonyl (C=O) groups is 1. The number of nitrogens with zero attached hydrogens (tertiary/aromatic N) is 2. The molecule has 0 fully saturated rings. The highest BCUT2D eigenvalue weighted by Gasteiger charge is 2.23. The Kier molecular flexibility index (Phi) is 3.38. The van der Waals surface area contributed by atoms with E-state index >= 15 is 0 Å². The van der Waals surface area contributed by atoms with E-state index in [2.05, 4.69) is 4.98 Å². The van der Waals surface area contributed by atoms with Gasteiger partial charge in [0.1, 0.15) is 6.33 Å². The minimum atomic E-state index is -0.589. The Morgan fingerprint density at radius 2 is 2.00 bits per heavy atom. The number of para-hydroxylation sites is 1. The van der Waals surface area contributed by atoms with Crippen LogP contribution in [0.3, 0.4) is 0 Å². The molecule has 2 aromatic rings. The number of aromatic nitrogens is 2. The molecule has 0 aliphatic rings. The van der Waals surface area contributed by atoms with Gasteiger partial charge in [-0.2, -0.15) is 0 Å². The van der Waals surface area contributed by atoms with Gasteiger partial charge in [0.25, 0.3) is 5.56 Å². The lowest BCUT2D eigenvalue weighted by Crippen LogP contribution is -2.28. The molecule has 0 unspecified atom stereocenters. The van der Waals surface area contributed by atoms with Gasteiger partial charge in [-0.05, 0) is 32.9 Å². The average molecular weight is 260 g/mol. The first kappa shape index (κ1) is 13.3. The van der Waals surface area contributed by atoms with Crippen molar-refractivity contribution in [1.29, 1.82) is 0 Å². The van der Waals surface area contributed by atoms with Crippen molar-refractivity contribution < 1.29 is 9.53 Å². The third kappa shape index (κ3) is 2.81. The molecule has 1 aromatic carbocycles. The van der Waals surface area contributed by atoms with E-state index in [9.17, 15) is 9.59 Å². The highest BCUT2D eigenvalue weighted by molar-refractivity contribution is 5.77. The van der Waals surface area contributed by atoms with Crippen LogP contribution in [0.4, 0.5) is 0 Å². The van der Waals surface area contributed by atoms with Crippen molar-refractivity contribution in [1.82, 2.24) is 9.55 Å². The predicted molar refractivity (Wildman–Crippen MR) is 71.6 cm³/mol. The van der Waals surface area contributed by atoms with Crippen molar-refractivity contribution >= 4 is 16.9 Å². The van der Waals surface area contributed by atoms with Gasteiger partial charge in [-0.15, -0.1) is 0 Å². The number of hydrogen-bond donors (Lipinski definition) is 0. The maximum absolute atomic E-state index is 12.1. The third-order valence-corrected chi connectivity index (χ3v) is 2.68. The van der Waals surface area contributed by atoms with Crippen LogP contribution in [0.2, 0.25) is 0 Å². The van der Waals surface area contributed by atoms with E-state index in [1.54, 1.807) is 39.0 Å². The maximum atomic E-state index is 12.1. The molecule has 0 aliphatic carbocycles. The molecule has 0 atom stereocenters. The highest BCUT2D eigenvalue weighted by atomic mass is 16.5. The number of ether oxygens (including phenoxy) is 1. The lowest BCUT2D eigenvalue weighted by Gasteiger charge is -2.17. The normalized spacial score (nSPS) is 11.5. The summed E-state index contributed by atoms with van der Waals surface area (Å²) in [6, 6.07) is 7.06. The monoisotopic (exact) mass is 260 g/mol. The van der Waals surface area contributed by atoms with E-state index in [-0.39, 0.29) is 18.3 Å². The molecule has 0 spiro atoms. The highest BCUT2D eigenvalue weighted by Crippen LogP contribution is 2.15. The molecule has 0 saturated heterocycles. The van der Waals surface area contributed by atoms with Crippen LogP contribution >= 0.6 is 0 Å². The Bertz CT molecular complexity index is 668. The fourth-order valence-corrected chi connectivity index (χ4v) is 1.54. The second kappa shape index (κ2) is 4.84. The molecule has 5 nitrogen and oxygen atoms in total. The van der Waals surface area contributed by atoms with Crippen molar-refractivity contribution in [2.45, 2.75) is 27.5 Å². The topological polar surface area (TPSA) is 61.2 Å². The van der Waals surface area contributed by atoms with Crippen LogP contribution in [0.15, 0.2) is 35.4 Å². The van der Waals surface area contributed by atoms with Gasteiger partial charge >= 0.3 is 5.97 Å². The molecule has 100 valence electrons. The largest absolute Gasteiger partial charge is 0.443 e. The van der Waals surface area contributed by atoms with Crippen LogP contribution in [-0.4, -0.2) is 15.5 Å². The second-order valence-corrected chi connectivity index (χ2v) is 5.35. The molecule has 5 heteroatoms. The lowest BCUT2D eigenvalue weighted by atomic mass is 9.98. The number of benzene rings is 1. The molecular formula is C14H16N2O3. The minimum Gasteiger partial charge on any atom is -0.443 e. The van der Waals surface area contributed by atoms with Gasteiger partial charge < -0.3 is 4.74 Å². The van der Waals surface area contributed by atoms with Crippen molar-refractivity contribution in [3.8, 4) is 0 Å². The molecule has 0 amide bonds. The molecule has 0 saturated carbocycles. The number of esters is 1. The number of fused-ring (bicyclic) bond motifs is 1. The summed E-state index contributed by atoms with van der Waals surface area (Å²) in [6.07, 6.45) is 1.39. The number of hydrogen-bond acceptors (Lipinski definition) is 4. The molecule has 0 aliphatic heterocycles. The molecule has 0 bridgehead atoms. The lowest BCUT2D eigenvalue weighted by molar-refractivity contribution is -0.157. The molecule has 1 aromatic heterocycles. The fourth-order valence-electron chi connectivity index (χ4n) is 1.54. The first-order valence-corrected chi connectivity index (χ1v) is 6.01. The van der Waals surface area contributed by atoms with Crippen LogP contribution in [0.5, 0.6) is 0 Å². The maximum Gasteiger partial charge on any atom is 0.312 e. The van der Waals surface area contributed by atoms with Crippen LogP contribution in [0.25, 0.3) is 10.9 Å². The minimum absolute atomic E-state index is 0.118. The van der Waals surface area contributed by atoms with Crippen LogP contribution in [0, 0.1) is 5.41 Å². The Hall–Kier alpha value is -2.17. The smallest absolute Gasteiger partial charge is 0.312 e. The van der Waals surface area contributed by atoms with Gasteiger partial charge in [0, 0.05) is 0 Å². The average Bonchev–Trinajstić information content (AvgIpc) is 2.37. The van der Waals surface area contributed by atoms with Gasteiger partial charge in [-0.1, -0.05) is 12.1 Å².